The Morgan fingerprint density at radius 2 is 1.62 bits per heavy atom. The van der Waals surface area contributed by atoms with Gasteiger partial charge in [-0.2, -0.15) is 10.5 Å². The molecule has 0 aromatic heterocycles. The molecule has 0 aliphatic carbocycles. The lowest BCUT2D eigenvalue weighted by atomic mass is 9.96. The molecule has 3 aliphatic rings. The van der Waals surface area contributed by atoms with Crippen LogP contribution in [0, 0.1) is 0 Å². The molecule has 3 aliphatic heterocycles. The molecule has 130 valence electrons. The second-order valence-corrected chi connectivity index (χ2v) is 8.54. The fourth-order valence-corrected chi connectivity index (χ4v) is 5.97. The molecule has 0 fully saturated rings. The second kappa shape index (κ2) is 5.17. The second-order valence-electron chi connectivity index (χ2n) is 6.46. The van der Waals surface area contributed by atoms with Crippen LogP contribution in [0.5, 0.6) is 23.0 Å². The predicted octanol–water partition coefficient (Wildman–Crippen LogP) is 4.78. The summed E-state index contributed by atoms with van der Waals surface area (Å²) >= 11 is 0. The molecular formula is C21H16O4S. The number of hydrogen-bond donors (Lipinski definition) is 0. The lowest BCUT2D eigenvalue weighted by Gasteiger charge is -2.23. The minimum atomic E-state index is -0.00827. The summed E-state index contributed by atoms with van der Waals surface area (Å²) in [5.41, 5.74) is 3.65. The van der Waals surface area contributed by atoms with Crippen LogP contribution in [0.1, 0.15) is 12.5 Å². The van der Waals surface area contributed by atoms with Gasteiger partial charge in [-0.05, 0) is 57.3 Å². The normalized spacial score (nSPS) is 18.4. The first-order chi connectivity index (χ1) is 12.8. The maximum atomic E-state index is 5.77. The summed E-state index contributed by atoms with van der Waals surface area (Å²) in [7, 11) is -0.00827. The summed E-state index contributed by atoms with van der Waals surface area (Å²) in [6.45, 7) is 2.83. The van der Waals surface area contributed by atoms with Crippen molar-refractivity contribution < 1.29 is 18.9 Å². The third kappa shape index (κ3) is 1.84. The standard InChI is InChI=1S/C21H16O4S/c1-2-26-9-16-13(5-6-17-20(16)25-11-22-17)14-4-3-12-7-18-19(24-10-23-18)8-15(12)21(14)26/h3-9H,2,10-11H2,1H3. The van der Waals surface area contributed by atoms with E-state index in [-0.39, 0.29) is 10.5 Å². The van der Waals surface area contributed by atoms with Gasteiger partial charge in [-0.25, -0.2) is 0 Å². The highest BCUT2D eigenvalue weighted by Crippen LogP contribution is 2.51. The highest BCUT2D eigenvalue weighted by Gasteiger charge is 2.27. The SMILES string of the molecule is CCS1=Cc2c(ccc3c2OCO3)-c2ccc3cc4c(cc3c21)OCO4. The Balaban J connectivity index is 1.69. The molecule has 5 heteroatoms. The van der Waals surface area contributed by atoms with E-state index in [2.05, 4.69) is 42.6 Å². The topological polar surface area (TPSA) is 36.9 Å². The fourth-order valence-electron chi connectivity index (χ4n) is 3.96. The first kappa shape index (κ1) is 14.5. The van der Waals surface area contributed by atoms with Crippen LogP contribution in [0.25, 0.3) is 21.9 Å². The third-order valence-electron chi connectivity index (χ3n) is 5.16. The van der Waals surface area contributed by atoms with E-state index in [4.69, 9.17) is 18.9 Å². The molecule has 0 bridgehead atoms. The Kier molecular flexibility index (Phi) is 2.89. The highest BCUT2D eigenvalue weighted by molar-refractivity contribution is 8.15. The molecular weight excluding hydrogens is 348 g/mol. The fraction of sp³-hybridized carbons (Fsp3) is 0.190. The van der Waals surface area contributed by atoms with E-state index in [1.165, 1.54) is 26.8 Å². The summed E-state index contributed by atoms with van der Waals surface area (Å²) in [4.78, 5) is 1.38. The first-order valence-corrected chi connectivity index (χ1v) is 10.1. The van der Waals surface area contributed by atoms with Crippen molar-refractivity contribution in [1.29, 1.82) is 0 Å². The molecule has 0 N–H and O–H groups in total. The summed E-state index contributed by atoms with van der Waals surface area (Å²) in [5, 5.41) is 4.79. The van der Waals surface area contributed by atoms with E-state index in [0.29, 0.717) is 13.6 Å². The molecule has 1 atom stereocenters. The Morgan fingerprint density at radius 1 is 0.846 bits per heavy atom. The van der Waals surface area contributed by atoms with Crippen molar-refractivity contribution in [3.63, 3.8) is 0 Å². The molecule has 0 saturated carbocycles. The quantitative estimate of drug-likeness (QED) is 0.583. The average molecular weight is 364 g/mol. The number of rotatable bonds is 1. The summed E-state index contributed by atoms with van der Waals surface area (Å²) < 4.78 is 22.5. The Bertz CT molecular complexity index is 1130. The predicted molar refractivity (Wildman–Crippen MR) is 103 cm³/mol. The van der Waals surface area contributed by atoms with Crippen molar-refractivity contribution in [2.24, 2.45) is 0 Å². The van der Waals surface area contributed by atoms with Crippen LogP contribution in [-0.4, -0.2) is 24.7 Å². The van der Waals surface area contributed by atoms with Gasteiger partial charge in [0.05, 0.1) is 0 Å². The zero-order chi connectivity index (χ0) is 17.3. The smallest absolute Gasteiger partial charge is 0.231 e. The van der Waals surface area contributed by atoms with Crippen LogP contribution in [0.2, 0.25) is 0 Å². The number of fused-ring (bicyclic) bond motifs is 8. The zero-order valence-corrected chi connectivity index (χ0v) is 15.0. The minimum Gasteiger partial charge on any atom is -0.454 e. The van der Waals surface area contributed by atoms with Gasteiger partial charge >= 0.3 is 0 Å². The lowest BCUT2D eigenvalue weighted by Crippen LogP contribution is -2.02. The van der Waals surface area contributed by atoms with Gasteiger partial charge in [-0.3, -0.25) is 0 Å². The molecule has 0 saturated heterocycles. The zero-order valence-electron chi connectivity index (χ0n) is 14.2. The van der Waals surface area contributed by atoms with Crippen molar-refractivity contribution in [2.75, 3.05) is 19.3 Å². The number of ether oxygens (including phenoxy) is 4. The van der Waals surface area contributed by atoms with Crippen molar-refractivity contribution in [3.05, 3.63) is 42.0 Å². The van der Waals surface area contributed by atoms with Gasteiger partial charge in [0.2, 0.25) is 13.6 Å². The Labute approximate surface area is 153 Å². The summed E-state index contributed by atoms with van der Waals surface area (Å²) in [6, 6.07) is 12.8. The monoisotopic (exact) mass is 364 g/mol. The van der Waals surface area contributed by atoms with Gasteiger partial charge in [-0.15, -0.1) is 0 Å². The van der Waals surface area contributed by atoms with E-state index < -0.39 is 0 Å². The maximum absolute atomic E-state index is 5.77. The molecule has 0 amide bonds. The minimum absolute atomic E-state index is 0.00827. The van der Waals surface area contributed by atoms with Gasteiger partial charge in [0.15, 0.2) is 23.0 Å². The van der Waals surface area contributed by atoms with Crippen LogP contribution in [0.3, 0.4) is 0 Å². The van der Waals surface area contributed by atoms with Crippen molar-refractivity contribution in [3.8, 4) is 34.1 Å². The van der Waals surface area contributed by atoms with Crippen LogP contribution in [0.4, 0.5) is 0 Å². The molecule has 6 rings (SSSR count). The van der Waals surface area contributed by atoms with Gasteiger partial charge in [-0.1, -0.05) is 19.1 Å². The molecule has 1 unspecified atom stereocenters. The lowest BCUT2D eigenvalue weighted by molar-refractivity contribution is 0.173. The van der Waals surface area contributed by atoms with E-state index in [1.807, 2.05) is 6.07 Å². The average Bonchev–Trinajstić information content (AvgIpc) is 3.33. The van der Waals surface area contributed by atoms with Gasteiger partial charge < -0.3 is 18.9 Å². The highest BCUT2D eigenvalue weighted by atomic mass is 32.2. The van der Waals surface area contributed by atoms with Crippen molar-refractivity contribution >= 4 is 26.6 Å². The third-order valence-corrected chi connectivity index (χ3v) is 7.27. The maximum Gasteiger partial charge on any atom is 0.231 e. The van der Waals surface area contributed by atoms with Crippen LogP contribution in [0.15, 0.2) is 41.3 Å². The van der Waals surface area contributed by atoms with Crippen LogP contribution in [-0.2, 0) is 0 Å². The Morgan fingerprint density at radius 3 is 2.50 bits per heavy atom. The molecule has 3 aromatic carbocycles. The molecule has 4 nitrogen and oxygen atoms in total. The van der Waals surface area contributed by atoms with Crippen molar-refractivity contribution in [1.82, 2.24) is 0 Å². The molecule has 3 aromatic rings. The molecule has 0 radical (unpaired) electrons. The number of hydrogen-bond acceptors (Lipinski definition) is 4. The van der Waals surface area contributed by atoms with E-state index in [9.17, 15) is 0 Å². The Hall–Kier alpha value is -2.66. The summed E-state index contributed by atoms with van der Waals surface area (Å²) in [5.74, 6) is 4.43. The van der Waals surface area contributed by atoms with E-state index in [1.54, 1.807) is 0 Å². The van der Waals surface area contributed by atoms with E-state index in [0.717, 1.165) is 34.3 Å². The van der Waals surface area contributed by atoms with Crippen molar-refractivity contribution in [2.45, 2.75) is 11.8 Å². The van der Waals surface area contributed by atoms with Gasteiger partial charge in [0.1, 0.15) is 0 Å². The first-order valence-electron chi connectivity index (χ1n) is 8.67. The largest absolute Gasteiger partial charge is 0.454 e. The van der Waals surface area contributed by atoms with Gasteiger partial charge in [0, 0.05) is 10.5 Å². The van der Waals surface area contributed by atoms with Crippen LogP contribution >= 0.6 is 10.5 Å². The summed E-state index contributed by atoms with van der Waals surface area (Å²) in [6.07, 6.45) is 0. The number of benzene rings is 3. The molecule has 0 spiro atoms. The van der Waals surface area contributed by atoms with E-state index >= 15 is 0 Å². The molecule has 3 heterocycles. The van der Waals surface area contributed by atoms with Crippen LogP contribution < -0.4 is 18.9 Å². The van der Waals surface area contributed by atoms with Gasteiger partial charge in [0.25, 0.3) is 0 Å². The molecule has 26 heavy (non-hydrogen) atoms.